The van der Waals surface area contributed by atoms with Crippen molar-refractivity contribution in [3.63, 3.8) is 0 Å². The van der Waals surface area contributed by atoms with Crippen LogP contribution in [-0.4, -0.2) is 44.7 Å². The predicted octanol–water partition coefficient (Wildman–Crippen LogP) is 6.11. The molecule has 1 saturated carbocycles. The number of benzene rings is 1. The average Bonchev–Trinajstić information content (AvgIpc) is 2.68. The molecule has 1 aliphatic heterocycles. The van der Waals surface area contributed by atoms with Crippen molar-refractivity contribution in [2.24, 2.45) is 5.41 Å². The standard InChI is InChI=1S/C24H40N2O.ClH/c1-5-6-7-14-25-15-17-26(18-16-25)23-19-21(27-4)8-9-22(23)20-10-12-24(2,3)13-11-20;/h8-9,19-20H,5-7,10-18H2,1-4H3;1H. The van der Waals surface area contributed by atoms with E-state index in [9.17, 15) is 0 Å². The van der Waals surface area contributed by atoms with Gasteiger partial charge in [-0.2, -0.15) is 0 Å². The molecule has 1 saturated heterocycles. The second-order valence-electron chi connectivity index (χ2n) is 9.40. The second-order valence-corrected chi connectivity index (χ2v) is 9.40. The van der Waals surface area contributed by atoms with Gasteiger partial charge in [0.1, 0.15) is 5.75 Å². The Morgan fingerprint density at radius 1 is 1.04 bits per heavy atom. The Balaban J connectivity index is 0.00000280. The van der Waals surface area contributed by atoms with Crippen molar-refractivity contribution >= 4 is 18.1 Å². The molecule has 0 spiro atoms. The van der Waals surface area contributed by atoms with Crippen molar-refractivity contribution in [2.75, 3.05) is 44.7 Å². The van der Waals surface area contributed by atoms with E-state index in [1.54, 1.807) is 12.7 Å². The third kappa shape index (κ3) is 6.03. The number of ether oxygens (including phenoxy) is 1. The fourth-order valence-corrected chi connectivity index (χ4v) is 4.78. The molecule has 0 radical (unpaired) electrons. The largest absolute Gasteiger partial charge is 0.497 e. The molecule has 0 aromatic heterocycles. The van der Waals surface area contributed by atoms with Crippen LogP contribution in [0, 0.1) is 5.41 Å². The highest BCUT2D eigenvalue weighted by Crippen LogP contribution is 2.45. The summed E-state index contributed by atoms with van der Waals surface area (Å²) in [5, 5.41) is 0. The number of rotatable bonds is 7. The predicted molar refractivity (Wildman–Crippen MR) is 123 cm³/mol. The monoisotopic (exact) mass is 408 g/mol. The lowest BCUT2D eigenvalue weighted by Gasteiger charge is -2.40. The van der Waals surface area contributed by atoms with Gasteiger partial charge in [-0.15, -0.1) is 12.4 Å². The van der Waals surface area contributed by atoms with Crippen LogP contribution in [0.1, 0.15) is 77.2 Å². The quantitative estimate of drug-likeness (QED) is 0.506. The third-order valence-corrected chi connectivity index (χ3v) is 6.81. The normalized spacial score (nSPS) is 20.6. The summed E-state index contributed by atoms with van der Waals surface area (Å²) in [6.07, 6.45) is 9.34. The van der Waals surface area contributed by atoms with Crippen molar-refractivity contribution < 1.29 is 4.74 Å². The number of nitrogens with zero attached hydrogens (tertiary/aromatic N) is 2. The summed E-state index contributed by atoms with van der Waals surface area (Å²) in [6.45, 7) is 13.1. The molecular formula is C24H41ClN2O. The van der Waals surface area contributed by atoms with Gasteiger partial charge in [0.05, 0.1) is 7.11 Å². The number of hydrogen-bond acceptors (Lipinski definition) is 3. The first-order chi connectivity index (χ1) is 13.0. The van der Waals surface area contributed by atoms with E-state index in [0.717, 1.165) is 18.8 Å². The van der Waals surface area contributed by atoms with Gasteiger partial charge in [0.2, 0.25) is 0 Å². The van der Waals surface area contributed by atoms with Gasteiger partial charge < -0.3 is 9.64 Å². The number of piperazine rings is 1. The number of unbranched alkanes of at least 4 members (excludes halogenated alkanes) is 2. The van der Waals surface area contributed by atoms with E-state index < -0.39 is 0 Å². The number of hydrogen-bond donors (Lipinski definition) is 0. The minimum atomic E-state index is 0. The van der Waals surface area contributed by atoms with Gasteiger partial charge in [0, 0.05) is 37.9 Å². The smallest absolute Gasteiger partial charge is 0.120 e. The van der Waals surface area contributed by atoms with Gasteiger partial charge in [-0.3, -0.25) is 4.90 Å². The zero-order valence-electron chi connectivity index (χ0n) is 18.5. The lowest BCUT2D eigenvalue weighted by Crippen LogP contribution is -2.47. The first kappa shape index (κ1) is 23.3. The maximum absolute atomic E-state index is 5.57. The van der Waals surface area contributed by atoms with Crippen molar-refractivity contribution in [3.8, 4) is 5.75 Å². The van der Waals surface area contributed by atoms with Gasteiger partial charge in [-0.1, -0.05) is 39.7 Å². The Morgan fingerprint density at radius 3 is 2.32 bits per heavy atom. The molecule has 160 valence electrons. The molecule has 2 aliphatic rings. The van der Waals surface area contributed by atoms with Crippen LogP contribution in [0.3, 0.4) is 0 Å². The van der Waals surface area contributed by atoms with Gasteiger partial charge in [0.15, 0.2) is 0 Å². The highest BCUT2D eigenvalue weighted by molar-refractivity contribution is 5.85. The summed E-state index contributed by atoms with van der Waals surface area (Å²) in [5.41, 5.74) is 3.52. The topological polar surface area (TPSA) is 15.7 Å². The molecule has 1 aromatic rings. The molecule has 1 aromatic carbocycles. The molecule has 0 N–H and O–H groups in total. The average molecular weight is 409 g/mol. The van der Waals surface area contributed by atoms with Crippen LogP contribution in [0.4, 0.5) is 5.69 Å². The highest BCUT2D eigenvalue weighted by Gasteiger charge is 2.30. The minimum absolute atomic E-state index is 0. The van der Waals surface area contributed by atoms with E-state index in [2.05, 4.69) is 48.8 Å². The maximum atomic E-state index is 5.57. The Labute approximate surface area is 179 Å². The molecule has 0 bridgehead atoms. The molecule has 3 rings (SSSR count). The van der Waals surface area contributed by atoms with E-state index in [4.69, 9.17) is 4.74 Å². The summed E-state index contributed by atoms with van der Waals surface area (Å²) >= 11 is 0. The highest BCUT2D eigenvalue weighted by atomic mass is 35.5. The van der Waals surface area contributed by atoms with E-state index in [-0.39, 0.29) is 12.4 Å². The molecule has 1 heterocycles. The lowest BCUT2D eigenvalue weighted by atomic mass is 9.71. The van der Waals surface area contributed by atoms with Crippen LogP contribution in [0.5, 0.6) is 5.75 Å². The van der Waals surface area contributed by atoms with Crippen molar-refractivity contribution in [1.29, 1.82) is 0 Å². The van der Waals surface area contributed by atoms with E-state index in [1.165, 1.54) is 70.3 Å². The first-order valence-corrected chi connectivity index (χ1v) is 11.2. The Hall–Kier alpha value is -0.930. The number of halogens is 1. The molecule has 1 aliphatic carbocycles. The van der Waals surface area contributed by atoms with Gasteiger partial charge in [-0.05, 0) is 61.6 Å². The summed E-state index contributed by atoms with van der Waals surface area (Å²) in [7, 11) is 1.79. The molecule has 0 amide bonds. The number of methoxy groups -OCH3 is 1. The van der Waals surface area contributed by atoms with E-state index >= 15 is 0 Å². The molecular weight excluding hydrogens is 368 g/mol. The molecule has 3 nitrogen and oxygen atoms in total. The fourth-order valence-electron chi connectivity index (χ4n) is 4.78. The van der Waals surface area contributed by atoms with E-state index in [0.29, 0.717) is 11.3 Å². The van der Waals surface area contributed by atoms with Crippen molar-refractivity contribution in [1.82, 2.24) is 4.90 Å². The Kier molecular flexibility index (Phi) is 8.95. The molecule has 28 heavy (non-hydrogen) atoms. The lowest BCUT2D eigenvalue weighted by molar-refractivity contribution is 0.224. The van der Waals surface area contributed by atoms with Crippen LogP contribution >= 0.6 is 12.4 Å². The maximum Gasteiger partial charge on any atom is 0.120 e. The second kappa shape index (κ2) is 10.7. The van der Waals surface area contributed by atoms with Crippen LogP contribution in [0.15, 0.2) is 18.2 Å². The molecule has 0 atom stereocenters. The zero-order chi connectivity index (χ0) is 19.3. The summed E-state index contributed by atoms with van der Waals surface area (Å²) < 4.78 is 5.57. The minimum Gasteiger partial charge on any atom is -0.497 e. The van der Waals surface area contributed by atoms with Crippen LogP contribution in [0.2, 0.25) is 0 Å². The van der Waals surface area contributed by atoms with Gasteiger partial charge in [-0.25, -0.2) is 0 Å². The van der Waals surface area contributed by atoms with Crippen LogP contribution < -0.4 is 9.64 Å². The summed E-state index contributed by atoms with van der Waals surface area (Å²) in [5.74, 6) is 1.71. The van der Waals surface area contributed by atoms with Crippen molar-refractivity contribution in [3.05, 3.63) is 23.8 Å². The SMILES string of the molecule is CCCCCN1CCN(c2cc(OC)ccc2C2CCC(C)(C)CC2)CC1.Cl. The van der Waals surface area contributed by atoms with Gasteiger partial charge >= 0.3 is 0 Å². The van der Waals surface area contributed by atoms with Gasteiger partial charge in [0.25, 0.3) is 0 Å². The van der Waals surface area contributed by atoms with Crippen LogP contribution in [0.25, 0.3) is 0 Å². The third-order valence-electron chi connectivity index (χ3n) is 6.81. The molecule has 4 heteroatoms. The van der Waals surface area contributed by atoms with Crippen LogP contribution in [-0.2, 0) is 0 Å². The molecule has 0 unspecified atom stereocenters. The van der Waals surface area contributed by atoms with Crippen molar-refractivity contribution in [2.45, 2.75) is 71.6 Å². The zero-order valence-corrected chi connectivity index (χ0v) is 19.3. The van der Waals surface area contributed by atoms with E-state index in [1.807, 2.05) is 0 Å². The summed E-state index contributed by atoms with van der Waals surface area (Å²) in [4.78, 5) is 5.27. The Morgan fingerprint density at radius 2 is 1.71 bits per heavy atom. The fraction of sp³-hybridized carbons (Fsp3) is 0.750. The molecule has 2 fully saturated rings. The first-order valence-electron chi connectivity index (χ1n) is 11.2. The number of anilines is 1. The Bertz CT molecular complexity index is 586. The summed E-state index contributed by atoms with van der Waals surface area (Å²) in [6, 6.07) is 6.81.